The van der Waals surface area contributed by atoms with Crippen LogP contribution in [0.4, 0.5) is 5.82 Å². The van der Waals surface area contributed by atoms with Crippen molar-refractivity contribution in [2.45, 2.75) is 13.3 Å². The van der Waals surface area contributed by atoms with Crippen molar-refractivity contribution in [2.75, 3.05) is 31.2 Å². The Bertz CT molecular complexity index is 1220. The average molecular weight is 408 g/mol. The molecule has 9 heteroatoms. The highest BCUT2D eigenvalue weighted by Gasteiger charge is 2.25. The topological polar surface area (TPSA) is 110 Å². The van der Waals surface area contributed by atoms with Crippen LogP contribution >= 0.6 is 11.3 Å². The van der Waals surface area contributed by atoms with Crippen molar-refractivity contribution in [3.8, 4) is 11.4 Å². The predicted octanol–water partition coefficient (Wildman–Crippen LogP) is 2.73. The van der Waals surface area contributed by atoms with Gasteiger partial charge in [-0.15, -0.1) is 11.3 Å². The Balaban J connectivity index is 1.80. The van der Waals surface area contributed by atoms with Crippen LogP contribution in [0.5, 0.6) is 0 Å². The normalized spacial score (nSPS) is 14.7. The summed E-state index contributed by atoms with van der Waals surface area (Å²) in [6.45, 7) is 4.80. The Hall–Kier alpha value is -3.04. The lowest BCUT2D eigenvalue weighted by Gasteiger charge is -2.29. The van der Waals surface area contributed by atoms with Crippen LogP contribution in [0.1, 0.15) is 22.2 Å². The number of carbonyl (C=O) groups excluding carboxylic acids is 1. The van der Waals surface area contributed by atoms with E-state index in [2.05, 4.69) is 15.1 Å². The molecule has 1 aromatic carbocycles. The first-order chi connectivity index (χ1) is 14.2. The maximum absolute atomic E-state index is 12.1. The van der Waals surface area contributed by atoms with Gasteiger partial charge in [0.05, 0.1) is 35.2 Å². The number of rotatable bonds is 4. The maximum Gasteiger partial charge on any atom is 0.259 e. The number of anilines is 1. The Morgan fingerprint density at radius 3 is 2.90 bits per heavy atom. The number of thiophene rings is 1. The summed E-state index contributed by atoms with van der Waals surface area (Å²) in [5.41, 5.74) is 8.42. The van der Waals surface area contributed by atoms with Crippen molar-refractivity contribution in [1.29, 1.82) is 0 Å². The summed E-state index contributed by atoms with van der Waals surface area (Å²) in [6.07, 6.45) is 2.48. The highest BCUT2D eigenvalue weighted by atomic mass is 32.1. The summed E-state index contributed by atoms with van der Waals surface area (Å²) in [4.78, 5) is 25.4. The first kappa shape index (κ1) is 18.0. The zero-order chi connectivity index (χ0) is 20.0. The van der Waals surface area contributed by atoms with Gasteiger partial charge in [-0.05, 0) is 18.1 Å². The molecule has 0 radical (unpaired) electrons. The third kappa shape index (κ3) is 2.93. The minimum atomic E-state index is -0.420. The van der Waals surface area contributed by atoms with E-state index in [1.165, 1.54) is 11.3 Å². The van der Waals surface area contributed by atoms with Crippen LogP contribution in [0, 0.1) is 0 Å². The number of aryl methyl sites for hydroxylation is 1. The van der Waals surface area contributed by atoms with Crippen LogP contribution < -0.4 is 10.6 Å². The highest BCUT2D eigenvalue weighted by molar-refractivity contribution is 7.20. The van der Waals surface area contributed by atoms with Crippen LogP contribution in [0.3, 0.4) is 0 Å². The summed E-state index contributed by atoms with van der Waals surface area (Å²) < 4.78 is 5.53. The van der Waals surface area contributed by atoms with Crippen molar-refractivity contribution in [3.63, 3.8) is 0 Å². The second-order valence-electron chi connectivity index (χ2n) is 6.91. The molecule has 3 aromatic heterocycles. The standard InChI is InChI=1S/C20H20N6O2S/c1-2-11-15-19(26-6-8-28-9-7-26)23-18(24-20(15)29-16(11)17(21)27)12-4-3-5-14-13(12)10-22-25-14/h3-5,10H,2,6-9H2,1H3,(H2,21,27)(H,22,25). The Morgan fingerprint density at radius 2 is 2.14 bits per heavy atom. The van der Waals surface area contributed by atoms with Gasteiger partial charge in [0.25, 0.3) is 5.91 Å². The number of nitrogens with two attached hydrogens (primary N) is 1. The Morgan fingerprint density at radius 1 is 1.31 bits per heavy atom. The van der Waals surface area contributed by atoms with Crippen molar-refractivity contribution in [3.05, 3.63) is 34.8 Å². The van der Waals surface area contributed by atoms with Gasteiger partial charge in [-0.2, -0.15) is 5.10 Å². The zero-order valence-electron chi connectivity index (χ0n) is 15.9. The van der Waals surface area contributed by atoms with Gasteiger partial charge in [-0.1, -0.05) is 19.1 Å². The number of morpholine rings is 1. The number of primary amides is 1. The minimum absolute atomic E-state index is 0.420. The molecule has 1 aliphatic heterocycles. The highest BCUT2D eigenvalue weighted by Crippen LogP contribution is 2.38. The molecule has 3 N–H and O–H groups in total. The monoisotopic (exact) mass is 408 g/mol. The number of fused-ring (bicyclic) bond motifs is 2. The average Bonchev–Trinajstić information content (AvgIpc) is 3.37. The summed E-state index contributed by atoms with van der Waals surface area (Å²) >= 11 is 1.34. The van der Waals surface area contributed by atoms with Gasteiger partial charge in [0.2, 0.25) is 0 Å². The first-order valence-electron chi connectivity index (χ1n) is 9.55. The van der Waals surface area contributed by atoms with Crippen LogP contribution in [0.2, 0.25) is 0 Å². The van der Waals surface area contributed by atoms with Crippen LogP contribution in [0.25, 0.3) is 32.5 Å². The molecule has 29 heavy (non-hydrogen) atoms. The maximum atomic E-state index is 12.1. The minimum Gasteiger partial charge on any atom is -0.378 e. The number of hydrogen-bond acceptors (Lipinski definition) is 7. The smallest absolute Gasteiger partial charge is 0.259 e. The number of nitrogens with one attached hydrogen (secondary N) is 1. The molecule has 0 saturated carbocycles. The molecule has 5 rings (SSSR count). The quantitative estimate of drug-likeness (QED) is 0.537. The fraction of sp³-hybridized carbons (Fsp3) is 0.300. The molecule has 1 amide bonds. The molecule has 0 atom stereocenters. The third-order valence-electron chi connectivity index (χ3n) is 5.24. The van der Waals surface area contributed by atoms with Crippen LogP contribution in [-0.2, 0) is 11.2 Å². The fourth-order valence-electron chi connectivity index (χ4n) is 3.86. The van der Waals surface area contributed by atoms with Gasteiger partial charge in [0.1, 0.15) is 10.6 Å². The zero-order valence-corrected chi connectivity index (χ0v) is 16.8. The van der Waals surface area contributed by atoms with Gasteiger partial charge in [-0.25, -0.2) is 9.97 Å². The van der Waals surface area contributed by atoms with Crippen LogP contribution in [0.15, 0.2) is 24.4 Å². The molecule has 0 aliphatic carbocycles. The Labute approximate surface area is 170 Å². The van der Waals surface area contributed by atoms with E-state index in [4.69, 9.17) is 20.4 Å². The fourth-order valence-corrected chi connectivity index (χ4v) is 4.97. The van der Waals surface area contributed by atoms with E-state index in [9.17, 15) is 4.79 Å². The molecule has 4 aromatic rings. The molecule has 4 heterocycles. The number of nitrogens with zero attached hydrogens (tertiary/aromatic N) is 4. The predicted molar refractivity (Wildman–Crippen MR) is 113 cm³/mol. The number of hydrogen-bond donors (Lipinski definition) is 2. The van der Waals surface area contributed by atoms with E-state index in [0.29, 0.717) is 30.3 Å². The number of carbonyl (C=O) groups is 1. The van der Waals surface area contributed by atoms with E-state index in [0.717, 1.165) is 51.2 Å². The summed E-state index contributed by atoms with van der Waals surface area (Å²) in [7, 11) is 0. The number of benzene rings is 1. The van der Waals surface area contributed by atoms with E-state index in [1.807, 2.05) is 25.1 Å². The van der Waals surface area contributed by atoms with Crippen molar-refractivity contribution >= 4 is 44.2 Å². The molecule has 8 nitrogen and oxygen atoms in total. The van der Waals surface area contributed by atoms with Crippen molar-refractivity contribution in [2.24, 2.45) is 5.73 Å². The molecular weight excluding hydrogens is 388 g/mol. The second kappa shape index (κ2) is 7.09. The molecule has 0 unspecified atom stereocenters. The molecule has 148 valence electrons. The lowest BCUT2D eigenvalue weighted by Crippen LogP contribution is -2.37. The molecule has 0 bridgehead atoms. The number of amides is 1. The van der Waals surface area contributed by atoms with E-state index in [-0.39, 0.29) is 0 Å². The lowest BCUT2D eigenvalue weighted by molar-refractivity contribution is 0.100. The van der Waals surface area contributed by atoms with E-state index in [1.54, 1.807) is 6.20 Å². The van der Waals surface area contributed by atoms with E-state index >= 15 is 0 Å². The third-order valence-corrected chi connectivity index (χ3v) is 6.39. The van der Waals surface area contributed by atoms with Gasteiger partial charge in [0.15, 0.2) is 5.82 Å². The van der Waals surface area contributed by atoms with E-state index < -0.39 is 5.91 Å². The van der Waals surface area contributed by atoms with Gasteiger partial charge < -0.3 is 15.4 Å². The molecule has 1 saturated heterocycles. The summed E-state index contributed by atoms with van der Waals surface area (Å²) in [6, 6.07) is 5.92. The van der Waals surface area contributed by atoms with Gasteiger partial charge >= 0.3 is 0 Å². The lowest BCUT2D eigenvalue weighted by atomic mass is 10.1. The van der Waals surface area contributed by atoms with Crippen LogP contribution in [-0.4, -0.2) is 52.4 Å². The van der Waals surface area contributed by atoms with Gasteiger partial charge in [0, 0.05) is 24.0 Å². The summed E-state index contributed by atoms with van der Waals surface area (Å²) in [5, 5.41) is 9.03. The number of ether oxygens (including phenoxy) is 1. The molecule has 1 fully saturated rings. The molecular formula is C20H20N6O2S. The van der Waals surface area contributed by atoms with Crippen molar-refractivity contribution in [1.82, 2.24) is 20.2 Å². The summed E-state index contributed by atoms with van der Waals surface area (Å²) in [5.74, 6) is 1.04. The SMILES string of the molecule is CCc1c(C(N)=O)sc2nc(-c3cccc4[nH]ncc34)nc(N3CCOCC3)c12. The van der Waals surface area contributed by atoms with Crippen molar-refractivity contribution < 1.29 is 9.53 Å². The number of H-pyrrole nitrogens is 1. The number of aromatic amines is 1. The second-order valence-corrected chi connectivity index (χ2v) is 7.91. The van der Waals surface area contributed by atoms with Gasteiger partial charge in [-0.3, -0.25) is 9.89 Å². The number of aromatic nitrogens is 4. The largest absolute Gasteiger partial charge is 0.378 e. The Kier molecular flexibility index (Phi) is 4.40. The molecule has 1 aliphatic rings. The first-order valence-corrected chi connectivity index (χ1v) is 10.4. The molecule has 0 spiro atoms.